The molecule has 7 nitrogen and oxygen atoms in total. The molecular weight excluding hydrogens is 414 g/mol. The van der Waals surface area contributed by atoms with Crippen LogP contribution in [-0.4, -0.2) is 54.3 Å². The maximum atomic E-state index is 12.7. The predicted octanol–water partition coefficient (Wildman–Crippen LogP) is 3.39. The van der Waals surface area contributed by atoms with Crippen LogP contribution >= 0.6 is 11.3 Å². The minimum Gasteiger partial charge on any atom is -0.459 e. The molecule has 1 aliphatic rings. The average molecular weight is 440 g/mol. The van der Waals surface area contributed by atoms with Gasteiger partial charge >= 0.3 is 5.97 Å². The number of aryl methyl sites for hydroxylation is 1. The van der Waals surface area contributed by atoms with Crippen molar-refractivity contribution >= 4 is 33.1 Å². The van der Waals surface area contributed by atoms with Gasteiger partial charge < -0.3 is 14.5 Å². The first-order valence-electron chi connectivity index (χ1n) is 10.2. The van der Waals surface area contributed by atoms with Crippen LogP contribution in [0.1, 0.15) is 33.0 Å². The zero-order valence-corrected chi connectivity index (χ0v) is 18.5. The number of benzene rings is 1. The van der Waals surface area contributed by atoms with Crippen molar-refractivity contribution in [2.75, 3.05) is 33.4 Å². The minimum absolute atomic E-state index is 0.172. The fourth-order valence-corrected chi connectivity index (χ4v) is 4.82. The number of esters is 1. The Morgan fingerprint density at radius 1 is 1.26 bits per heavy atom. The summed E-state index contributed by atoms with van der Waals surface area (Å²) in [5.41, 5.74) is 2.99. The van der Waals surface area contributed by atoms with E-state index in [0.717, 1.165) is 19.5 Å². The fraction of sp³-hybridized carbons (Fsp3) is 0.348. The van der Waals surface area contributed by atoms with Crippen LogP contribution in [0.2, 0.25) is 0 Å². The normalized spacial score (nSPS) is 14.6. The number of carbonyl (C=O) groups is 1. The molecule has 0 saturated carbocycles. The number of fused-ring (bicyclic) bond motifs is 1. The van der Waals surface area contributed by atoms with Gasteiger partial charge in [0.15, 0.2) is 0 Å². The van der Waals surface area contributed by atoms with Gasteiger partial charge in [-0.2, -0.15) is 0 Å². The van der Waals surface area contributed by atoms with E-state index >= 15 is 0 Å². The average Bonchev–Trinajstić information content (AvgIpc) is 3.12. The number of H-pyrrole nitrogens is 1. The quantitative estimate of drug-likeness (QED) is 0.449. The lowest BCUT2D eigenvalue weighted by Gasteiger charge is -2.25. The summed E-state index contributed by atoms with van der Waals surface area (Å²) >= 11 is 1.20. The van der Waals surface area contributed by atoms with Crippen molar-refractivity contribution in [1.82, 2.24) is 14.9 Å². The molecule has 2 aromatic heterocycles. The Balaban J connectivity index is 1.50. The lowest BCUT2D eigenvalue weighted by molar-refractivity contribution is 0.0393. The number of aromatic amines is 1. The molecule has 4 rings (SSSR count). The Bertz CT molecular complexity index is 1170. The molecule has 0 fully saturated rings. The summed E-state index contributed by atoms with van der Waals surface area (Å²) in [6, 6.07) is 10.4. The Morgan fingerprint density at radius 2 is 2.06 bits per heavy atom. The van der Waals surface area contributed by atoms with E-state index in [2.05, 4.69) is 45.2 Å². The summed E-state index contributed by atoms with van der Waals surface area (Å²) in [6.45, 7) is 4.49. The number of hydrogen-bond donors (Lipinski definition) is 1. The van der Waals surface area contributed by atoms with E-state index in [9.17, 15) is 9.59 Å². The first-order valence-corrected chi connectivity index (χ1v) is 11.0. The number of rotatable bonds is 7. The van der Waals surface area contributed by atoms with Gasteiger partial charge in [-0.3, -0.25) is 9.69 Å². The first-order chi connectivity index (χ1) is 15.1. The second-order valence-corrected chi connectivity index (χ2v) is 8.46. The van der Waals surface area contributed by atoms with E-state index in [-0.39, 0.29) is 12.2 Å². The molecule has 1 N–H and O–H groups in total. The molecule has 3 heterocycles. The second-order valence-electron chi connectivity index (χ2n) is 7.46. The van der Waals surface area contributed by atoms with E-state index in [1.807, 2.05) is 6.07 Å². The first kappa shape index (κ1) is 21.4. The van der Waals surface area contributed by atoms with Gasteiger partial charge in [0.05, 0.1) is 18.5 Å². The zero-order valence-electron chi connectivity index (χ0n) is 17.6. The lowest BCUT2D eigenvalue weighted by atomic mass is 10.00. The van der Waals surface area contributed by atoms with Crippen LogP contribution < -0.4 is 5.56 Å². The number of thiophene rings is 1. The molecule has 3 aromatic rings. The second kappa shape index (κ2) is 9.55. The maximum absolute atomic E-state index is 12.7. The van der Waals surface area contributed by atoms with E-state index < -0.39 is 5.97 Å². The van der Waals surface area contributed by atoms with Crippen LogP contribution in [0, 0.1) is 6.92 Å². The molecule has 0 radical (unpaired) electrons. The number of methoxy groups -OCH3 is 1. The van der Waals surface area contributed by atoms with Gasteiger partial charge in [0.2, 0.25) is 0 Å². The van der Waals surface area contributed by atoms with E-state index in [1.54, 1.807) is 14.0 Å². The van der Waals surface area contributed by atoms with Gasteiger partial charge in [-0.15, -0.1) is 11.3 Å². The highest BCUT2D eigenvalue weighted by Crippen LogP contribution is 2.28. The molecule has 0 amide bonds. The molecular formula is C23H25N3O4S. The Hall–Kier alpha value is -2.81. The fourth-order valence-electron chi connectivity index (χ4n) is 3.72. The SMILES string of the molecule is COCCOC(=O)c1sc2nc(CN3CC=C(c4ccccc4)CC3)[nH]c(=O)c2c1C. The number of carbonyl (C=O) groups excluding carboxylic acids is 1. The number of ether oxygens (including phenoxy) is 2. The van der Waals surface area contributed by atoms with Crippen LogP contribution in [0.5, 0.6) is 0 Å². The summed E-state index contributed by atoms with van der Waals surface area (Å²) < 4.78 is 10.1. The summed E-state index contributed by atoms with van der Waals surface area (Å²) in [4.78, 5) is 35.8. The molecule has 1 aromatic carbocycles. The van der Waals surface area contributed by atoms with Crippen molar-refractivity contribution in [2.45, 2.75) is 19.9 Å². The Morgan fingerprint density at radius 3 is 2.77 bits per heavy atom. The third-order valence-electron chi connectivity index (χ3n) is 5.37. The number of nitrogens with one attached hydrogen (secondary N) is 1. The summed E-state index contributed by atoms with van der Waals surface area (Å²) in [6.07, 6.45) is 3.19. The van der Waals surface area contributed by atoms with Gasteiger partial charge in [0.1, 0.15) is 22.1 Å². The monoisotopic (exact) mass is 439 g/mol. The van der Waals surface area contributed by atoms with Crippen LogP contribution in [0.25, 0.3) is 15.8 Å². The van der Waals surface area contributed by atoms with Crippen molar-refractivity contribution in [1.29, 1.82) is 0 Å². The standard InChI is InChI=1S/C23H25N3O4S/c1-15-19-21(27)24-18(25-22(19)31-20(15)23(28)30-13-12-29-2)14-26-10-8-17(9-11-26)16-6-4-3-5-7-16/h3-8H,9-14H2,1-2H3,(H,24,25,27). The van der Waals surface area contributed by atoms with Crippen LogP contribution in [-0.2, 0) is 16.0 Å². The molecule has 162 valence electrons. The predicted molar refractivity (Wildman–Crippen MR) is 121 cm³/mol. The molecule has 0 aliphatic carbocycles. The lowest BCUT2D eigenvalue weighted by Crippen LogP contribution is -2.29. The third-order valence-corrected chi connectivity index (χ3v) is 6.53. The highest BCUT2D eigenvalue weighted by atomic mass is 32.1. The summed E-state index contributed by atoms with van der Waals surface area (Å²) in [5, 5.41) is 0.456. The largest absolute Gasteiger partial charge is 0.459 e. The highest BCUT2D eigenvalue weighted by Gasteiger charge is 2.21. The van der Waals surface area contributed by atoms with Crippen LogP contribution in [0.3, 0.4) is 0 Å². The molecule has 0 spiro atoms. The van der Waals surface area contributed by atoms with E-state index in [1.165, 1.54) is 22.5 Å². The molecule has 1 aliphatic heterocycles. The number of hydrogen-bond acceptors (Lipinski definition) is 7. The Labute approximate surface area is 184 Å². The van der Waals surface area contributed by atoms with Gasteiger partial charge in [0, 0.05) is 20.2 Å². The van der Waals surface area contributed by atoms with Gasteiger partial charge in [-0.05, 0) is 30.0 Å². The van der Waals surface area contributed by atoms with Gasteiger partial charge in [-0.25, -0.2) is 9.78 Å². The van der Waals surface area contributed by atoms with Gasteiger partial charge in [-0.1, -0.05) is 36.4 Å². The molecule has 0 bridgehead atoms. The van der Waals surface area contributed by atoms with Crippen LogP contribution in [0.15, 0.2) is 41.2 Å². The molecule has 0 unspecified atom stereocenters. The maximum Gasteiger partial charge on any atom is 0.348 e. The Kier molecular flexibility index (Phi) is 6.60. The van der Waals surface area contributed by atoms with Crippen LogP contribution in [0.4, 0.5) is 0 Å². The highest BCUT2D eigenvalue weighted by molar-refractivity contribution is 7.20. The molecule has 8 heteroatoms. The van der Waals surface area contributed by atoms with Crippen molar-refractivity contribution < 1.29 is 14.3 Å². The number of nitrogens with zero attached hydrogens (tertiary/aromatic N) is 2. The molecule has 31 heavy (non-hydrogen) atoms. The minimum atomic E-state index is -0.451. The third kappa shape index (κ3) is 4.76. The van der Waals surface area contributed by atoms with Crippen molar-refractivity contribution in [2.24, 2.45) is 0 Å². The molecule has 0 atom stereocenters. The van der Waals surface area contributed by atoms with E-state index in [4.69, 9.17) is 9.47 Å². The van der Waals surface area contributed by atoms with Crippen molar-refractivity contribution in [3.05, 3.63) is 68.6 Å². The summed E-state index contributed by atoms with van der Waals surface area (Å²) in [5.74, 6) is 0.155. The summed E-state index contributed by atoms with van der Waals surface area (Å²) in [7, 11) is 1.55. The zero-order chi connectivity index (χ0) is 21.8. The van der Waals surface area contributed by atoms with Crippen molar-refractivity contribution in [3.63, 3.8) is 0 Å². The molecule has 0 saturated heterocycles. The van der Waals surface area contributed by atoms with Crippen molar-refractivity contribution in [3.8, 4) is 0 Å². The smallest absolute Gasteiger partial charge is 0.348 e. The van der Waals surface area contributed by atoms with Gasteiger partial charge in [0.25, 0.3) is 5.56 Å². The number of aromatic nitrogens is 2. The van der Waals surface area contributed by atoms with E-state index in [0.29, 0.717) is 39.6 Å². The topological polar surface area (TPSA) is 84.5 Å².